The van der Waals surface area contributed by atoms with E-state index < -0.39 is 23.7 Å². The first-order valence-electron chi connectivity index (χ1n) is 9.02. The molecule has 0 unspecified atom stereocenters. The Labute approximate surface area is 156 Å². The fourth-order valence-corrected chi connectivity index (χ4v) is 3.93. The van der Waals surface area contributed by atoms with Crippen LogP contribution in [-0.2, 0) is 20.9 Å². The number of hydrogen-bond acceptors (Lipinski definition) is 5. The highest BCUT2D eigenvalue weighted by molar-refractivity contribution is 6.03. The van der Waals surface area contributed by atoms with Gasteiger partial charge in [-0.05, 0) is 25.2 Å². The number of fused-ring (bicyclic) bond motifs is 2. The summed E-state index contributed by atoms with van der Waals surface area (Å²) in [6.45, 7) is 3.08. The summed E-state index contributed by atoms with van der Waals surface area (Å²) < 4.78 is 6.46. The molecule has 1 aromatic rings. The standard InChI is InChI=1S/C18H24N4O5/c1-3-22-9-12(15(21-22)17(24)19-6-7-27-2)20-16(23)13-10-4-5-11(8-10)14(13)18(25)26/h4-5,9-11,13-14H,3,6-8H2,1-2H3,(H,19,24)(H,20,23)(H,25,26)/t10-,11-,13+,14+/m0/s1. The van der Waals surface area contributed by atoms with Gasteiger partial charge in [0, 0.05) is 26.4 Å². The molecule has 3 rings (SSSR count). The van der Waals surface area contributed by atoms with Crippen molar-refractivity contribution < 1.29 is 24.2 Å². The number of aliphatic carboxylic acids is 1. The number of hydrogen-bond donors (Lipinski definition) is 3. The Morgan fingerprint density at radius 2 is 2.00 bits per heavy atom. The molecular weight excluding hydrogens is 352 g/mol. The van der Waals surface area contributed by atoms with Crippen molar-refractivity contribution in [1.29, 1.82) is 0 Å². The second kappa shape index (κ2) is 7.91. The lowest BCUT2D eigenvalue weighted by Crippen LogP contribution is -2.37. The lowest BCUT2D eigenvalue weighted by molar-refractivity contribution is -0.146. The molecule has 1 saturated carbocycles. The number of carbonyl (C=O) groups is 3. The highest BCUT2D eigenvalue weighted by Gasteiger charge is 2.51. The molecular formula is C18H24N4O5. The van der Waals surface area contributed by atoms with E-state index in [1.165, 1.54) is 7.11 Å². The predicted octanol–water partition coefficient (Wildman–Crippen LogP) is 0.741. The minimum absolute atomic E-state index is 0.0868. The molecule has 1 fully saturated rings. The van der Waals surface area contributed by atoms with Crippen LogP contribution in [0, 0.1) is 23.7 Å². The summed E-state index contributed by atoms with van der Waals surface area (Å²) in [6.07, 6.45) is 6.06. The van der Waals surface area contributed by atoms with Crippen LogP contribution in [0.2, 0.25) is 0 Å². The maximum Gasteiger partial charge on any atom is 0.307 e. The third kappa shape index (κ3) is 3.73. The molecule has 0 aromatic carbocycles. The summed E-state index contributed by atoms with van der Waals surface area (Å²) in [5.41, 5.74) is 0.388. The number of aromatic nitrogens is 2. The Hall–Kier alpha value is -2.68. The first-order chi connectivity index (χ1) is 13.0. The van der Waals surface area contributed by atoms with Crippen LogP contribution in [0.25, 0.3) is 0 Å². The number of aryl methyl sites for hydroxylation is 1. The quantitative estimate of drug-likeness (QED) is 0.454. The molecule has 146 valence electrons. The Bertz CT molecular complexity index is 772. The van der Waals surface area contributed by atoms with E-state index in [1.807, 2.05) is 19.1 Å². The van der Waals surface area contributed by atoms with Gasteiger partial charge in [0.15, 0.2) is 5.69 Å². The first-order valence-corrected chi connectivity index (χ1v) is 9.02. The average molecular weight is 376 g/mol. The molecule has 0 saturated heterocycles. The molecule has 0 aliphatic heterocycles. The van der Waals surface area contributed by atoms with Gasteiger partial charge in [-0.15, -0.1) is 0 Å². The molecule has 1 heterocycles. The van der Waals surface area contributed by atoms with Crippen LogP contribution in [0.5, 0.6) is 0 Å². The molecule has 2 bridgehead atoms. The van der Waals surface area contributed by atoms with Gasteiger partial charge in [0.1, 0.15) is 0 Å². The van der Waals surface area contributed by atoms with Crippen LogP contribution in [0.1, 0.15) is 23.8 Å². The molecule has 3 N–H and O–H groups in total. The minimum atomic E-state index is -0.964. The number of rotatable bonds is 8. The maximum absolute atomic E-state index is 12.9. The number of carboxylic acids is 1. The van der Waals surface area contributed by atoms with E-state index in [-0.39, 0.29) is 29.1 Å². The topological polar surface area (TPSA) is 123 Å². The second-order valence-electron chi connectivity index (χ2n) is 6.82. The largest absolute Gasteiger partial charge is 0.481 e. The summed E-state index contributed by atoms with van der Waals surface area (Å²) in [5.74, 6) is -3.35. The second-order valence-corrected chi connectivity index (χ2v) is 6.82. The smallest absolute Gasteiger partial charge is 0.307 e. The molecule has 27 heavy (non-hydrogen) atoms. The zero-order valence-electron chi connectivity index (χ0n) is 15.3. The van der Waals surface area contributed by atoms with Crippen molar-refractivity contribution in [3.8, 4) is 0 Å². The van der Waals surface area contributed by atoms with Gasteiger partial charge >= 0.3 is 5.97 Å². The van der Waals surface area contributed by atoms with E-state index in [4.69, 9.17) is 4.74 Å². The van der Waals surface area contributed by atoms with E-state index in [1.54, 1.807) is 10.9 Å². The number of methoxy groups -OCH3 is 1. The van der Waals surface area contributed by atoms with Gasteiger partial charge in [-0.25, -0.2) is 0 Å². The van der Waals surface area contributed by atoms with Crippen molar-refractivity contribution in [1.82, 2.24) is 15.1 Å². The van der Waals surface area contributed by atoms with Gasteiger partial charge in [-0.3, -0.25) is 19.1 Å². The van der Waals surface area contributed by atoms with E-state index in [2.05, 4.69) is 15.7 Å². The number of nitrogens with one attached hydrogen (secondary N) is 2. The van der Waals surface area contributed by atoms with Crippen molar-refractivity contribution in [3.63, 3.8) is 0 Å². The first kappa shape index (κ1) is 19.1. The summed E-state index contributed by atoms with van der Waals surface area (Å²) >= 11 is 0. The summed E-state index contributed by atoms with van der Waals surface area (Å²) in [5, 5.41) is 19.1. The number of allylic oxidation sites excluding steroid dienone is 2. The van der Waals surface area contributed by atoms with Crippen LogP contribution < -0.4 is 10.6 Å². The number of carbonyl (C=O) groups excluding carboxylic acids is 2. The molecule has 0 radical (unpaired) electrons. The third-order valence-corrected chi connectivity index (χ3v) is 5.20. The van der Waals surface area contributed by atoms with E-state index >= 15 is 0 Å². The van der Waals surface area contributed by atoms with Crippen LogP contribution in [0.15, 0.2) is 18.3 Å². The molecule has 0 spiro atoms. The SMILES string of the molecule is CCn1cc(NC(=O)[C@H]2[C@H](C(=O)O)[C@H]3C=C[C@H]2C3)c(C(=O)NCCOC)n1. The minimum Gasteiger partial charge on any atom is -0.481 e. The lowest BCUT2D eigenvalue weighted by Gasteiger charge is -2.23. The van der Waals surface area contributed by atoms with Gasteiger partial charge in [0.05, 0.1) is 24.1 Å². The van der Waals surface area contributed by atoms with Crippen LogP contribution in [-0.4, -0.2) is 52.9 Å². The molecule has 2 aliphatic carbocycles. The van der Waals surface area contributed by atoms with Gasteiger partial charge in [0.2, 0.25) is 5.91 Å². The Morgan fingerprint density at radius 3 is 2.63 bits per heavy atom. The van der Waals surface area contributed by atoms with Crippen LogP contribution in [0.4, 0.5) is 5.69 Å². The average Bonchev–Trinajstić information content (AvgIpc) is 3.35. The molecule has 9 nitrogen and oxygen atoms in total. The Kier molecular flexibility index (Phi) is 5.59. The summed E-state index contributed by atoms with van der Waals surface area (Å²) in [7, 11) is 1.53. The normalized spacial score (nSPS) is 25.6. The van der Waals surface area contributed by atoms with Gasteiger partial charge < -0.3 is 20.5 Å². The van der Waals surface area contributed by atoms with Crippen molar-refractivity contribution in [2.45, 2.75) is 19.9 Å². The zero-order valence-corrected chi connectivity index (χ0v) is 15.3. The van der Waals surface area contributed by atoms with Crippen molar-refractivity contribution in [2.24, 2.45) is 23.7 Å². The molecule has 9 heteroatoms. The monoisotopic (exact) mass is 376 g/mol. The lowest BCUT2D eigenvalue weighted by atomic mass is 9.82. The number of carboxylic acid groups (broad SMARTS) is 1. The van der Waals surface area contributed by atoms with Crippen molar-refractivity contribution >= 4 is 23.5 Å². The van der Waals surface area contributed by atoms with Gasteiger partial charge in [0.25, 0.3) is 5.91 Å². The Balaban J connectivity index is 1.77. The molecule has 4 atom stereocenters. The highest BCUT2D eigenvalue weighted by Crippen LogP contribution is 2.48. The number of nitrogens with zero attached hydrogens (tertiary/aromatic N) is 2. The number of amides is 2. The van der Waals surface area contributed by atoms with Gasteiger partial charge in [-0.1, -0.05) is 12.2 Å². The maximum atomic E-state index is 12.9. The summed E-state index contributed by atoms with van der Waals surface area (Å²) in [6, 6.07) is 0. The van der Waals surface area contributed by atoms with Crippen LogP contribution in [0.3, 0.4) is 0 Å². The van der Waals surface area contributed by atoms with Gasteiger partial charge in [-0.2, -0.15) is 5.10 Å². The predicted molar refractivity (Wildman–Crippen MR) is 96.1 cm³/mol. The Morgan fingerprint density at radius 1 is 1.30 bits per heavy atom. The highest BCUT2D eigenvalue weighted by atomic mass is 16.5. The fourth-order valence-electron chi connectivity index (χ4n) is 3.93. The molecule has 2 aliphatic rings. The van der Waals surface area contributed by atoms with E-state index in [9.17, 15) is 19.5 Å². The van der Waals surface area contributed by atoms with Crippen LogP contribution >= 0.6 is 0 Å². The molecule has 1 aromatic heterocycles. The zero-order chi connectivity index (χ0) is 19.6. The van der Waals surface area contributed by atoms with E-state index in [0.29, 0.717) is 26.1 Å². The van der Waals surface area contributed by atoms with Crippen molar-refractivity contribution in [2.75, 3.05) is 25.6 Å². The number of ether oxygens (including phenoxy) is 1. The van der Waals surface area contributed by atoms with E-state index in [0.717, 1.165) is 0 Å². The number of anilines is 1. The molecule has 2 amide bonds. The third-order valence-electron chi connectivity index (χ3n) is 5.20. The summed E-state index contributed by atoms with van der Waals surface area (Å²) in [4.78, 5) is 36.9. The fraction of sp³-hybridized carbons (Fsp3) is 0.556. The van der Waals surface area contributed by atoms with Crippen molar-refractivity contribution in [3.05, 3.63) is 24.0 Å².